The van der Waals surface area contributed by atoms with Crippen molar-refractivity contribution < 1.29 is 19.1 Å². The predicted octanol–water partition coefficient (Wildman–Crippen LogP) is 2.51. The zero-order chi connectivity index (χ0) is 15.6. The Morgan fingerprint density at radius 2 is 2.05 bits per heavy atom. The molecule has 2 rings (SSSR count). The van der Waals surface area contributed by atoms with Crippen LogP contribution in [-0.4, -0.2) is 34.2 Å². The third-order valence-corrected chi connectivity index (χ3v) is 2.92. The third-order valence-electron chi connectivity index (χ3n) is 2.92. The van der Waals surface area contributed by atoms with Gasteiger partial charge in [0.05, 0.1) is 31.0 Å². The van der Waals surface area contributed by atoms with Crippen LogP contribution >= 0.6 is 0 Å². The molecule has 0 spiro atoms. The summed E-state index contributed by atoms with van der Waals surface area (Å²) in [7, 11) is 0. The van der Waals surface area contributed by atoms with E-state index in [1.165, 1.54) is 6.20 Å². The fourth-order valence-corrected chi connectivity index (χ4v) is 2.04. The summed E-state index contributed by atoms with van der Waals surface area (Å²) in [4.78, 5) is 29.5. The summed E-state index contributed by atoms with van der Waals surface area (Å²) in [5.41, 5.74) is 1.51. The van der Waals surface area contributed by atoms with Gasteiger partial charge in [-0.25, -0.2) is 9.59 Å². The molecule has 0 atom stereocenters. The number of fused-ring (bicyclic) bond motifs is 1. The lowest BCUT2D eigenvalue weighted by atomic mass is 10.2. The molecule has 0 aliphatic carbocycles. The highest BCUT2D eigenvalue weighted by Crippen LogP contribution is 2.24. The van der Waals surface area contributed by atoms with Gasteiger partial charge in [-0.15, -0.1) is 0 Å². The molecule has 6 heteroatoms. The molecule has 1 aromatic heterocycles. The Morgan fingerprint density at radius 1 is 1.33 bits per heavy atom. The molecule has 6 nitrogen and oxygen atoms in total. The predicted molar refractivity (Wildman–Crippen MR) is 75.7 cm³/mol. The molecule has 0 saturated heterocycles. The van der Waals surface area contributed by atoms with Crippen LogP contribution in [0.3, 0.4) is 0 Å². The van der Waals surface area contributed by atoms with Gasteiger partial charge >= 0.3 is 12.1 Å². The van der Waals surface area contributed by atoms with Crippen molar-refractivity contribution in [2.75, 3.05) is 6.61 Å². The molecule has 0 N–H and O–H groups in total. The lowest BCUT2D eigenvalue weighted by Gasteiger charge is -2.23. The maximum absolute atomic E-state index is 12.0. The van der Waals surface area contributed by atoms with Crippen LogP contribution in [-0.2, 0) is 22.6 Å². The standard InChI is InChI=1S/C15H20N2O4/c1-5-20-13(18)10-6-11-8-17(9-12(11)16-7-10)14(19)21-15(2,3)4/h6-7H,5,8-9H2,1-4H3. The van der Waals surface area contributed by atoms with E-state index in [2.05, 4.69) is 4.98 Å². The zero-order valence-electron chi connectivity index (χ0n) is 12.8. The van der Waals surface area contributed by atoms with E-state index >= 15 is 0 Å². The van der Waals surface area contributed by atoms with Gasteiger partial charge in [-0.2, -0.15) is 0 Å². The first-order chi connectivity index (χ1) is 9.80. The number of hydrogen-bond donors (Lipinski definition) is 0. The van der Waals surface area contributed by atoms with Crippen molar-refractivity contribution in [1.82, 2.24) is 9.88 Å². The fraction of sp³-hybridized carbons (Fsp3) is 0.533. The second-order valence-electron chi connectivity index (χ2n) is 5.89. The highest BCUT2D eigenvalue weighted by molar-refractivity contribution is 5.89. The summed E-state index contributed by atoms with van der Waals surface area (Å²) >= 11 is 0. The molecule has 1 aromatic rings. The van der Waals surface area contributed by atoms with Crippen LogP contribution in [0.25, 0.3) is 0 Å². The molecule has 0 bridgehead atoms. The monoisotopic (exact) mass is 292 g/mol. The molecule has 0 aromatic carbocycles. The summed E-state index contributed by atoms with van der Waals surface area (Å²) in [5, 5.41) is 0. The van der Waals surface area contributed by atoms with Crippen LogP contribution in [0.5, 0.6) is 0 Å². The van der Waals surface area contributed by atoms with Gasteiger partial charge in [0.25, 0.3) is 0 Å². The minimum absolute atomic E-state index is 0.319. The van der Waals surface area contributed by atoms with E-state index < -0.39 is 11.6 Å². The van der Waals surface area contributed by atoms with Gasteiger partial charge in [0.2, 0.25) is 0 Å². The van der Waals surface area contributed by atoms with Crippen molar-refractivity contribution in [2.45, 2.75) is 46.4 Å². The number of aromatic nitrogens is 1. The maximum Gasteiger partial charge on any atom is 0.410 e. The van der Waals surface area contributed by atoms with Gasteiger partial charge in [0, 0.05) is 6.20 Å². The summed E-state index contributed by atoms with van der Waals surface area (Å²) in [6.07, 6.45) is 1.10. The topological polar surface area (TPSA) is 68.7 Å². The van der Waals surface area contributed by atoms with Gasteiger partial charge in [-0.05, 0) is 39.3 Å². The average Bonchev–Trinajstić information content (AvgIpc) is 2.79. The summed E-state index contributed by atoms with van der Waals surface area (Å²) in [6, 6.07) is 1.73. The van der Waals surface area contributed by atoms with Crippen LogP contribution in [0, 0.1) is 0 Å². The van der Waals surface area contributed by atoms with E-state index in [-0.39, 0.29) is 6.09 Å². The SMILES string of the molecule is CCOC(=O)c1cnc2c(c1)CN(C(=O)OC(C)(C)C)C2. The zero-order valence-corrected chi connectivity index (χ0v) is 12.8. The van der Waals surface area contributed by atoms with Gasteiger partial charge in [0.1, 0.15) is 5.60 Å². The summed E-state index contributed by atoms with van der Waals surface area (Å²) in [6.45, 7) is 8.34. The molecule has 0 fully saturated rings. The van der Waals surface area contributed by atoms with Gasteiger partial charge in [-0.3, -0.25) is 9.88 Å². The van der Waals surface area contributed by atoms with Crippen molar-refractivity contribution >= 4 is 12.1 Å². The number of carbonyl (C=O) groups is 2. The molecule has 0 saturated carbocycles. The van der Waals surface area contributed by atoms with Crippen LogP contribution in [0.4, 0.5) is 4.79 Å². The largest absolute Gasteiger partial charge is 0.462 e. The molecule has 0 radical (unpaired) electrons. The number of hydrogen-bond acceptors (Lipinski definition) is 5. The van der Waals surface area contributed by atoms with E-state index in [9.17, 15) is 9.59 Å². The Kier molecular flexibility index (Phi) is 4.16. The minimum Gasteiger partial charge on any atom is -0.462 e. The van der Waals surface area contributed by atoms with Crippen LogP contribution in [0.2, 0.25) is 0 Å². The molecular weight excluding hydrogens is 272 g/mol. The van der Waals surface area contributed by atoms with E-state index in [0.29, 0.717) is 25.3 Å². The first kappa shape index (κ1) is 15.3. The van der Waals surface area contributed by atoms with Gasteiger partial charge in [0.15, 0.2) is 0 Å². The third kappa shape index (κ3) is 3.71. The normalized spacial score (nSPS) is 13.8. The van der Waals surface area contributed by atoms with E-state index in [1.54, 1.807) is 17.9 Å². The first-order valence-corrected chi connectivity index (χ1v) is 6.93. The van der Waals surface area contributed by atoms with Crippen molar-refractivity contribution in [1.29, 1.82) is 0 Å². The Bertz CT molecular complexity index is 563. The molecule has 21 heavy (non-hydrogen) atoms. The number of carbonyl (C=O) groups excluding carboxylic acids is 2. The number of esters is 1. The van der Waals surface area contributed by atoms with Crippen LogP contribution in [0.15, 0.2) is 12.3 Å². The maximum atomic E-state index is 12.0. The molecule has 2 heterocycles. The summed E-state index contributed by atoms with van der Waals surface area (Å²) < 4.78 is 10.3. The minimum atomic E-state index is -0.532. The lowest BCUT2D eigenvalue weighted by molar-refractivity contribution is 0.0240. The van der Waals surface area contributed by atoms with Crippen LogP contribution in [0.1, 0.15) is 49.3 Å². The fourth-order valence-electron chi connectivity index (χ4n) is 2.04. The number of nitrogens with zero attached hydrogens (tertiary/aromatic N) is 2. The Balaban J connectivity index is 2.09. The summed E-state index contributed by atoms with van der Waals surface area (Å²) in [5.74, 6) is -0.400. The Hall–Kier alpha value is -2.11. The van der Waals surface area contributed by atoms with Crippen LogP contribution < -0.4 is 0 Å². The van der Waals surface area contributed by atoms with Crippen molar-refractivity contribution in [2.24, 2.45) is 0 Å². The first-order valence-electron chi connectivity index (χ1n) is 6.93. The quantitative estimate of drug-likeness (QED) is 0.783. The number of pyridine rings is 1. The van der Waals surface area contributed by atoms with Gasteiger partial charge < -0.3 is 9.47 Å². The van der Waals surface area contributed by atoms with Crippen molar-refractivity contribution in [3.05, 3.63) is 29.1 Å². The smallest absolute Gasteiger partial charge is 0.410 e. The highest BCUT2D eigenvalue weighted by atomic mass is 16.6. The molecule has 0 unspecified atom stereocenters. The van der Waals surface area contributed by atoms with E-state index in [1.807, 2.05) is 20.8 Å². The van der Waals surface area contributed by atoms with Crippen molar-refractivity contribution in [3.8, 4) is 0 Å². The molecular formula is C15H20N2O4. The molecule has 1 aliphatic heterocycles. The molecule has 114 valence electrons. The van der Waals surface area contributed by atoms with E-state index in [0.717, 1.165) is 11.3 Å². The second-order valence-corrected chi connectivity index (χ2v) is 5.89. The van der Waals surface area contributed by atoms with E-state index in [4.69, 9.17) is 9.47 Å². The molecule has 1 amide bonds. The number of ether oxygens (including phenoxy) is 2. The number of amides is 1. The molecule has 1 aliphatic rings. The Labute approximate surface area is 124 Å². The second kappa shape index (κ2) is 5.71. The van der Waals surface area contributed by atoms with Gasteiger partial charge in [-0.1, -0.05) is 0 Å². The highest BCUT2D eigenvalue weighted by Gasteiger charge is 2.29. The number of rotatable bonds is 2. The average molecular weight is 292 g/mol. The Morgan fingerprint density at radius 3 is 2.67 bits per heavy atom. The lowest BCUT2D eigenvalue weighted by Crippen LogP contribution is -2.33. The van der Waals surface area contributed by atoms with Crippen molar-refractivity contribution in [3.63, 3.8) is 0 Å².